The summed E-state index contributed by atoms with van der Waals surface area (Å²) in [5.74, 6) is -0.0389. The molecule has 2 aromatic carbocycles. The number of nitrogens with zero attached hydrogens (tertiary/aromatic N) is 4. The average Bonchev–Trinajstić information content (AvgIpc) is 3.49. The Morgan fingerprint density at radius 2 is 2.00 bits per heavy atom. The van der Waals surface area contributed by atoms with Gasteiger partial charge in [-0.05, 0) is 41.9 Å². The number of carbonyl (C=O) groups is 1. The van der Waals surface area contributed by atoms with Crippen LogP contribution in [-0.2, 0) is 11.2 Å². The van der Waals surface area contributed by atoms with Crippen molar-refractivity contribution in [3.63, 3.8) is 0 Å². The van der Waals surface area contributed by atoms with Crippen LogP contribution >= 0.6 is 0 Å². The largest absolute Gasteiger partial charge is 0.612 e. The minimum atomic E-state index is -1.27. The van der Waals surface area contributed by atoms with Gasteiger partial charge in [-0.1, -0.05) is 18.2 Å². The molecule has 1 saturated heterocycles. The van der Waals surface area contributed by atoms with Crippen LogP contribution in [0.25, 0.3) is 28.0 Å². The highest BCUT2D eigenvalue weighted by Gasteiger charge is 2.27. The first-order valence-electron chi connectivity index (χ1n) is 10.9. The first-order chi connectivity index (χ1) is 16.5. The molecular formula is C25H23FN4O3S. The molecule has 1 N–H and O–H groups in total. The van der Waals surface area contributed by atoms with Crippen LogP contribution in [0.4, 0.5) is 4.39 Å². The molecule has 0 spiro atoms. The van der Waals surface area contributed by atoms with Crippen LogP contribution in [0.5, 0.6) is 0 Å². The van der Waals surface area contributed by atoms with Crippen LogP contribution in [0, 0.1) is 11.7 Å². The highest BCUT2D eigenvalue weighted by molar-refractivity contribution is 7.91. The van der Waals surface area contributed by atoms with E-state index in [1.807, 2.05) is 0 Å². The number of hydrogen-bond donors (Lipinski definition) is 1. The number of likely N-dealkylation sites (tertiary alicyclic amines) is 1. The van der Waals surface area contributed by atoms with Crippen LogP contribution in [0.1, 0.15) is 16.8 Å². The summed E-state index contributed by atoms with van der Waals surface area (Å²) >= 11 is -1.27. The second-order valence-corrected chi connectivity index (χ2v) is 9.74. The zero-order chi connectivity index (χ0) is 23.8. The molecule has 9 heteroatoms. The van der Waals surface area contributed by atoms with Gasteiger partial charge in [0.1, 0.15) is 12.1 Å². The number of aliphatic hydroxyl groups excluding tert-OH is 1. The van der Waals surface area contributed by atoms with Crippen LogP contribution in [0.15, 0.2) is 66.0 Å². The van der Waals surface area contributed by atoms with Crippen molar-refractivity contribution in [2.45, 2.75) is 11.3 Å². The van der Waals surface area contributed by atoms with E-state index in [9.17, 15) is 18.8 Å². The van der Waals surface area contributed by atoms with Gasteiger partial charge in [-0.2, -0.15) is 0 Å². The summed E-state index contributed by atoms with van der Waals surface area (Å²) in [5, 5.41) is 10.1. The van der Waals surface area contributed by atoms with Crippen molar-refractivity contribution >= 4 is 28.0 Å². The zero-order valence-electron chi connectivity index (χ0n) is 18.5. The van der Waals surface area contributed by atoms with E-state index in [1.54, 1.807) is 70.7 Å². The van der Waals surface area contributed by atoms with Crippen molar-refractivity contribution in [3.05, 3.63) is 72.4 Å². The number of carbonyl (C=O) groups excluding carboxylic acids is 1. The molecule has 1 aliphatic heterocycles. The number of rotatable bonds is 5. The lowest BCUT2D eigenvalue weighted by molar-refractivity contribution is 0.0782. The van der Waals surface area contributed by atoms with E-state index >= 15 is 0 Å². The molecule has 7 nitrogen and oxygen atoms in total. The summed E-state index contributed by atoms with van der Waals surface area (Å²) in [6.45, 7) is 1.20. The molecule has 5 rings (SSSR count). The number of aromatic nitrogens is 3. The Morgan fingerprint density at radius 3 is 2.68 bits per heavy atom. The third-order valence-corrected chi connectivity index (χ3v) is 7.14. The SMILES string of the molecule is C[S+]([O-])c1cn(-c2ncc(-c3ccccc3F)cn2)c2cc(C(=O)N3CC[C@H](CO)C3)ccc12. The fourth-order valence-electron chi connectivity index (χ4n) is 4.35. The van der Waals surface area contributed by atoms with Crippen molar-refractivity contribution in [1.82, 2.24) is 19.4 Å². The Bertz CT molecular complexity index is 1360. The maximum absolute atomic E-state index is 14.2. The zero-order valence-corrected chi connectivity index (χ0v) is 19.3. The van der Waals surface area contributed by atoms with Gasteiger partial charge in [-0.15, -0.1) is 0 Å². The van der Waals surface area contributed by atoms with Gasteiger partial charge in [0.25, 0.3) is 5.91 Å². The summed E-state index contributed by atoms with van der Waals surface area (Å²) in [7, 11) is 0. The molecule has 0 bridgehead atoms. The summed E-state index contributed by atoms with van der Waals surface area (Å²) in [4.78, 5) is 24.3. The lowest BCUT2D eigenvalue weighted by Gasteiger charge is -2.16. The molecule has 2 atom stereocenters. The van der Waals surface area contributed by atoms with Gasteiger partial charge in [0.2, 0.25) is 5.95 Å². The lowest BCUT2D eigenvalue weighted by atomic mass is 10.1. The van der Waals surface area contributed by atoms with Gasteiger partial charge < -0.3 is 14.6 Å². The van der Waals surface area contributed by atoms with Gasteiger partial charge in [0.05, 0.1) is 17.1 Å². The monoisotopic (exact) mass is 478 g/mol. The molecular weight excluding hydrogens is 455 g/mol. The van der Waals surface area contributed by atoms with E-state index in [1.165, 1.54) is 6.07 Å². The first-order valence-corrected chi connectivity index (χ1v) is 12.5. The standard InChI is InChI=1S/C25H23FN4O3S/c1-34(33)23-14-30(25-27-11-18(12-28-25)19-4-2-3-5-21(19)26)22-10-17(6-7-20(22)23)24(32)29-9-8-16(13-29)15-31/h2-7,10-12,14,16,31H,8-9,13,15H2,1H3/t16-,34?/m0/s1. The summed E-state index contributed by atoms with van der Waals surface area (Å²) < 4.78 is 28.2. The smallest absolute Gasteiger partial charge is 0.253 e. The molecule has 34 heavy (non-hydrogen) atoms. The number of benzene rings is 2. The van der Waals surface area contributed by atoms with Crippen LogP contribution < -0.4 is 0 Å². The van der Waals surface area contributed by atoms with E-state index in [4.69, 9.17) is 0 Å². The highest BCUT2D eigenvalue weighted by Crippen LogP contribution is 2.30. The van der Waals surface area contributed by atoms with E-state index in [0.29, 0.717) is 46.1 Å². The number of amides is 1. The summed E-state index contributed by atoms with van der Waals surface area (Å²) in [6, 6.07) is 11.7. The Morgan fingerprint density at radius 1 is 1.24 bits per heavy atom. The molecule has 4 aromatic rings. The number of aliphatic hydroxyl groups is 1. The molecule has 1 aliphatic rings. The molecule has 174 valence electrons. The van der Waals surface area contributed by atoms with Crippen LogP contribution in [0.2, 0.25) is 0 Å². The van der Waals surface area contributed by atoms with Gasteiger partial charge in [0.15, 0.2) is 4.90 Å². The van der Waals surface area contributed by atoms with E-state index in [2.05, 4.69) is 9.97 Å². The number of hydrogen-bond acceptors (Lipinski definition) is 5. The van der Waals surface area contributed by atoms with Gasteiger partial charge in [-0.25, -0.2) is 14.4 Å². The van der Waals surface area contributed by atoms with E-state index < -0.39 is 11.2 Å². The number of fused-ring (bicyclic) bond motifs is 1. The second-order valence-electron chi connectivity index (χ2n) is 8.39. The molecule has 3 heterocycles. The minimum absolute atomic E-state index is 0.0670. The minimum Gasteiger partial charge on any atom is -0.612 e. The molecule has 1 fully saturated rings. The van der Waals surface area contributed by atoms with Gasteiger partial charge >= 0.3 is 0 Å². The maximum Gasteiger partial charge on any atom is 0.253 e. The average molecular weight is 479 g/mol. The van der Waals surface area contributed by atoms with Crippen molar-refractivity contribution in [2.75, 3.05) is 26.0 Å². The predicted octanol–water partition coefficient (Wildman–Crippen LogP) is 3.42. The molecule has 1 amide bonds. The van der Waals surface area contributed by atoms with Crippen molar-refractivity contribution in [1.29, 1.82) is 0 Å². The molecule has 2 aromatic heterocycles. The molecule has 1 unspecified atom stereocenters. The first kappa shape index (κ1) is 22.5. The number of halogens is 1. The normalized spacial score (nSPS) is 16.8. The quantitative estimate of drug-likeness (QED) is 0.444. The Hall–Kier alpha value is -3.27. The molecule has 0 radical (unpaired) electrons. The third-order valence-electron chi connectivity index (χ3n) is 6.20. The highest BCUT2D eigenvalue weighted by atomic mass is 32.2. The summed E-state index contributed by atoms with van der Waals surface area (Å²) in [5.41, 5.74) is 2.11. The second kappa shape index (κ2) is 9.17. The topological polar surface area (TPSA) is 94.3 Å². The maximum atomic E-state index is 14.2. The van der Waals surface area contributed by atoms with E-state index in [-0.39, 0.29) is 24.2 Å². The molecule has 0 saturated carbocycles. The fraction of sp³-hybridized carbons (Fsp3) is 0.240. The van der Waals surface area contributed by atoms with Gasteiger partial charge in [-0.3, -0.25) is 9.36 Å². The van der Waals surface area contributed by atoms with Crippen LogP contribution in [0.3, 0.4) is 0 Å². The lowest BCUT2D eigenvalue weighted by Crippen LogP contribution is -2.29. The van der Waals surface area contributed by atoms with Crippen molar-refractivity contribution in [3.8, 4) is 17.1 Å². The van der Waals surface area contributed by atoms with Crippen molar-refractivity contribution in [2.24, 2.45) is 5.92 Å². The van der Waals surface area contributed by atoms with E-state index in [0.717, 1.165) is 11.8 Å². The predicted molar refractivity (Wildman–Crippen MR) is 128 cm³/mol. The van der Waals surface area contributed by atoms with Gasteiger partial charge in [0, 0.05) is 54.7 Å². The molecule has 0 aliphatic carbocycles. The summed E-state index contributed by atoms with van der Waals surface area (Å²) in [6.07, 6.45) is 7.18. The third kappa shape index (κ3) is 4.06. The van der Waals surface area contributed by atoms with Crippen LogP contribution in [-0.4, -0.2) is 61.0 Å². The fourth-order valence-corrected chi connectivity index (χ4v) is 5.09. The Kier molecular flexibility index (Phi) is 6.07. The van der Waals surface area contributed by atoms with Crippen molar-refractivity contribution < 1.29 is 18.8 Å². The Balaban J connectivity index is 1.54. The Labute approximate surface area is 199 Å².